The number of carbonyl (C=O) groups is 2. The Kier molecular flexibility index (Phi) is 7.12. The molecule has 2 amide bonds. The first-order chi connectivity index (χ1) is 12.5. The molecule has 0 aliphatic heterocycles. The molecule has 2 atom stereocenters. The number of methoxy groups -OCH3 is 1. The molecule has 1 unspecified atom stereocenters. The number of hydrogen-bond donors (Lipinski definition) is 3. The SMILES string of the molecule is COCC(=O)N[C@H](C(=O)NC(CN)c1ccc2ccccc2c1)C(C)C. The molecule has 6 heteroatoms. The summed E-state index contributed by atoms with van der Waals surface area (Å²) < 4.78 is 4.81. The highest BCUT2D eigenvalue weighted by atomic mass is 16.5. The van der Waals surface area contributed by atoms with Crippen LogP contribution in [-0.4, -0.2) is 38.1 Å². The van der Waals surface area contributed by atoms with Gasteiger partial charge in [-0.15, -0.1) is 0 Å². The summed E-state index contributed by atoms with van der Waals surface area (Å²) in [7, 11) is 1.44. The third kappa shape index (κ3) is 5.03. The van der Waals surface area contributed by atoms with E-state index in [1.807, 2.05) is 56.3 Å². The number of hydrogen-bond acceptors (Lipinski definition) is 4. The minimum Gasteiger partial charge on any atom is -0.375 e. The lowest BCUT2D eigenvalue weighted by Crippen LogP contribution is -2.51. The van der Waals surface area contributed by atoms with Gasteiger partial charge >= 0.3 is 0 Å². The van der Waals surface area contributed by atoms with Crippen LogP contribution >= 0.6 is 0 Å². The van der Waals surface area contributed by atoms with Crippen LogP contribution in [0.1, 0.15) is 25.5 Å². The minimum absolute atomic E-state index is 0.0640. The Morgan fingerprint density at radius 1 is 1.08 bits per heavy atom. The van der Waals surface area contributed by atoms with E-state index in [0.29, 0.717) is 0 Å². The molecule has 0 aliphatic carbocycles. The molecule has 4 N–H and O–H groups in total. The predicted octanol–water partition coefficient (Wildman–Crippen LogP) is 1.74. The minimum atomic E-state index is -0.646. The summed E-state index contributed by atoms with van der Waals surface area (Å²) in [6, 6.07) is 13.1. The van der Waals surface area contributed by atoms with Crippen LogP contribution < -0.4 is 16.4 Å². The van der Waals surface area contributed by atoms with E-state index in [0.717, 1.165) is 16.3 Å². The smallest absolute Gasteiger partial charge is 0.246 e. The Morgan fingerprint density at radius 2 is 1.77 bits per heavy atom. The molecule has 2 aromatic carbocycles. The fourth-order valence-electron chi connectivity index (χ4n) is 2.85. The molecule has 0 saturated carbocycles. The van der Waals surface area contributed by atoms with E-state index in [1.54, 1.807) is 0 Å². The first-order valence-corrected chi connectivity index (χ1v) is 8.73. The first-order valence-electron chi connectivity index (χ1n) is 8.73. The van der Waals surface area contributed by atoms with Crippen LogP contribution in [0.15, 0.2) is 42.5 Å². The maximum atomic E-state index is 12.7. The highest BCUT2D eigenvalue weighted by Crippen LogP contribution is 2.20. The zero-order valence-corrected chi connectivity index (χ0v) is 15.5. The molecular weight excluding hydrogens is 330 g/mol. The highest BCUT2D eigenvalue weighted by molar-refractivity contribution is 5.89. The quantitative estimate of drug-likeness (QED) is 0.671. The molecule has 6 nitrogen and oxygen atoms in total. The third-order valence-corrected chi connectivity index (χ3v) is 4.27. The van der Waals surface area contributed by atoms with Gasteiger partial charge in [0.15, 0.2) is 0 Å². The van der Waals surface area contributed by atoms with E-state index < -0.39 is 6.04 Å². The fraction of sp³-hybridized carbons (Fsp3) is 0.400. The second kappa shape index (κ2) is 9.31. The van der Waals surface area contributed by atoms with E-state index in [1.165, 1.54) is 7.11 Å². The van der Waals surface area contributed by atoms with Crippen LogP contribution in [-0.2, 0) is 14.3 Å². The van der Waals surface area contributed by atoms with Crippen molar-refractivity contribution in [1.29, 1.82) is 0 Å². The molecule has 2 rings (SSSR count). The maximum absolute atomic E-state index is 12.7. The number of benzene rings is 2. The molecule has 0 aromatic heterocycles. The van der Waals surface area contributed by atoms with Crippen LogP contribution in [0.5, 0.6) is 0 Å². The Labute approximate surface area is 154 Å². The van der Waals surface area contributed by atoms with Gasteiger partial charge < -0.3 is 21.1 Å². The first kappa shape index (κ1) is 19.9. The summed E-state index contributed by atoms with van der Waals surface area (Å²) in [6.07, 6.45) is 0. The lowest BCUT2D eigenvalue weighted by atomic mass is 9.99. The van der Waals surface area contributed by atoms with Crippen molar-refractivity contribution in [1.82, 2.24) is 10.6 Å². The van der Waals surface area contributed by atoms with Crippen molar-refractivity contribution < 1.29 is 14.3 Å². The van der Waals surface area contributed by atoms with Gasteiger partial charge in [0.1, 0.15) is 12.6 Å². The predicted molar refractivity (Wildman–Crippen MR) is 103 cm³/mol. The fourth-order valence-corrected chi connectivity index (χ4v) is 2.85. The topological polar surface area (TPSA) is 93.4 Å². The van der Waals surface area contributed by atoms with Crippen LogP contribution in [0.25, 0.3) is 10.8 Å². The molecule has 0 radical (unpaired) electrons. The number of amides is 2. The second-order valence-electron chi connectivity index (χ2n) is 6.63. The summed E-state index contributed by atoms with van der Waals surface area (Å²) in [4.78, 5) is 24.5. The summed E-state index contributed by atoms with van der Waals surface area (Å²) >= 11 is 0. The average Bonchev–Trinajstić information content (AvgIpc) is 2.63. The van der Waals surface area contributed by atoms with Gasteiger partial charge in [0, 0.05) is 13.7 Å². The standard InChI is InChI=1S/C20H27N3O3/c1-13(2)19(23-18(24)12-26-3)20(25)22-17(11-21)16-9-8-14-6-4-5-7-15(14)10-16/h4-10,13,17,19H,11-12,21H2,1-3H3,(H,22,25)(H,23,24)/t17?,19-/m0/s1. The molecule has 0 fully saturated rings. The Morgan fingerprint density at radius 3 is 2.38 bits per heavy atom. The van der Waals surface area contributed by atoms with Crippen LogP contribution in [0.4, 0.5) is 0 Å². The molecule has 140 valence electrons. The molecular formula is C20H27N3O3. The number of carbonyl (C=O) groups excluding carboxylic acids is 2. The molecule has 26 heavy (non-hydrogen) atoms. The van der Waals surface area contributed by atoms with Crippen molar-refractivity contribution in [3.63, 3.8) is 0 Å². The van der Waals surface area contributed by atoms with Crippen molar-refractivity contribution in [2.75, 3.05) is 20.3 Å². The van der Waals surface area contributed by atoms with Gasteiger partial charge in [-0.05, 0) is 28.3 Å². The van der Waals surface area contributed by atoms with Crippen molar-refractivity contribution in [3.8, 4) is 0 Å². The highest BCUT2D eigenvalue weighted by Gasteiger charge is 2.26. The summed E-state index contributed by atoms with van der Waals surface area (Å²) in [5.74, 6) is -0.643. The molecule has 0 spiro atoms. The maximum Gasteiger partial charge on any atom is 0.246 e. The molecule has 0 saturated heterocycles. The normalized spacial score (nSPS) is 13.4. The summed E-state index contributed by atoms with van der Waals surface area (Å²) in [5, 5.41) is 7.89. The van der Waals surface area contributed by atoms with Gasteiger partial charge in [-0.1, -0.05) is 50.2 Å². The summed E-state index contributed by atoms with van der Waals surface area (Å²) in [6.45, 7) is 3.94. The van der Waals surface area contributed by atoms with Gasteiger partial charge in [0.05, 0.1) is 6.04 Å². The van der Waals surface area contributed by atoms with Gasteiger partial charge in [0.25, 0.3) is 0 Å². The van der Waals surface area contributed by atoms with Crippen molar-refractivity contribution in [2.45, 2.75) is 25.9 Å². The molecule has 0 bridgehead atoms. The lowest BCUT2D eigenvalue weighted by molar-refractivity contribution is -0.132. The van der Waals surface area contributed by atoms with Crippen molar-refractivity contribution in [2.24, 2.45) is 11.7 Å². The third-order valence-electron chi connectivity index (χ3n) is 4.27. The number of fused-ring (bicyclic) bond motifs is 1. The zero-order valence-electron chi connectivity index (χ0n) is 15.5. The molecule has 0 aliphatic rings. The van der Waals surface area contributed by atoms with E-state index in [-0.39, 0.29) is 36.9 Å². The van der Waals surface area contributed by atoms with Crippen molar-refractivity contribution in [3.05, 3.63) is 48.0 Å². The number of nitrogens with one attached hydrogen (secondary N) is 2. The van der Waals surface area contributed by atoms with Gasteiger partial charge in [-0.25, -0.2) is 0 Å². The second-order valence-corrected chi connectivity index (χ2v) is 6.63. The average molecular weight is 357 g/mol. The Balaban J connectivity index is 2.15. The Hall–Kier alpha value is -2.44. The molecule has 0 heterocycles. The van der Waals surface area contributed by atoms with Gasteiger partial charge in [-0.3, -0.25) is 9.59 Å². The van der Waals surface area contributed by atoms with Crippen LogP contribution in [0, 0.1) is 5.92 Å². The van der Waals surface area contributed by atoms with Gasteiger partial charge in [0.2, 0.25) is 11.8 Å². The summed E-state index contributed by atoms with van der Waals surface area (Å²) in [5.41, 5.74) is 6.84. The largest absolute Gasteiger partial charge is 0.375 e. The van der Waals surface area contributed by atoms with E-state index in [4.69, 9.17) is 10.5 Å². The van der Waals surface area contributed by atoms with E-state index in [2.05, 4.69) is 10.6 Å². The van der Waals surface area contributed by atoms with Crippen LogP contribution in [0.3, 0.4) is 0 Å². The van der Waals surface area contributed by atoms with Crippen molar-refractivity contribution >= 4 is 22.6 Å². The van der Waals surface area contributed by atoms with E-state index >= 15 is 0 Å². The number of rotatable bonds is 8. The molecule has 2 aromatic rings. The van der Waals surface area contributed by atoms with E-state index in [9.17, 15) is 9.59 Å². The van der Waals surface area contributed by atoms with Crippen LogP contribution in [0.2, 0.25) is 0 Å². The monoisotopic (exact) mass is 357 g/mol. The van der Waals surface area contributed by atoms with Gasteiger partial charge in [-0.2, -0.15) is 0 Å². The number of nitrogens with two attached hydrogens (primary N) is 1. The number of ether oxygens (including phenoxy) is 1. The Bertz CT molecular complexity index is 761. The zero-order chi connectivity index (χ0) is 19.1. The lowest BCUT2D eigenvalue weighted by Gasteiger charge is -2.25.